The van der Waals surface area contributed by atoms with Gasteiger partial charge in [-0.3, -0.25) is 0 Å². The number of aryl methyl sites for hydroxylation is 1. The Morgan fingerprint density at radius 2 is 1.16 bits per heavy atom. The molecule has 0 aliphatic heterocycles. The average molecular weight is 339 g/mol. The molecule has 0 atom stereocenters. The van der Waals surface area contributed by atoms with Crippen LogP contribution in [0.1, 0.15) is 69.4 Å². The third-order valence-electron chi connectivity index (χ3n) is 5.07. The summed E-state index contributed by atoms with van der Waals surface area (Å²) in [6, 6.07) is 8.70. The maximum absolute atomic E-state index is 6.01. The average Bonchev–Trinajstić information content (AvgIpc) is 2.45. The maximum atomic E-state index is 6.01. The zero-order valence-electron chi connectivity index (χ0n) is 17.7. The van der Waals surface area contributed by atoms with Crippen molar-refractivity contribution in [1.82, 2.24) is 0 Å². The zero-order valence-corrected chi connectivity index (χ0v) is 17.7. The summed E-state index contributed by atoms with van der Waals surface area (Å²) < 4.78 is 6.01. The van der Waals surface area contributed by atoms with Crippen molar-refractivity contribution < 1.29 is 4.74 Å². The highest BCUT2D eigenvalue weighted by atomic mass is 16.5. The summed E-state index contributed by atoms with van der Waals surface area (Å²) in [6.07, 6.45) is 0. The molecule has 0 aromatic heterocycles. The minimum absolute atomic E-state index is 0.0144. The molecule has 0 saturated carbocycles. The molecule has 2 aromatic rings. The van der Waals surface area contributed by atoms with Crippen molar-refractivity contribution >= 4 is 0 Å². The Balaban J connectivity index is 3.08. The molecule has 0 spiro atoms. The monoisotopic (exact) mass is 338 g/mol. The predicted molar refractivity (Wildman–Crippen MR) is 110 cm³/mol. The highest BCUT2D eigenvalue weighted by molar-refractivity contribution is 5.79. The topological polar surface area (TPSA) is 9.23 Å². The first-order chi connectivity index (χ1) is 11.4. The van der Waals surface area contributed by atoms with Gasteiger partial charge in [0, 0.05) is 11.1 Å². The Morgan fingerprint density at radius 3 is 1.52 bits per heavy atom. The van der Waals surface area contributed by atoms with Crippen molar-refractivity contribution in [2.45, 2.75) is 73.1 Å². The molecule has 0 unspecified atom stereocenters. The van der Waals surface area contributed by atoms with Crippen LogP contribution in [0.5, 0.6) is 5.75 Å². The summed E-state index contributed by atoms with van der Waals surface area (Å²) in [7, 11) is 1.81. The van der Waals surface area contributed by atoms with Crippen LogP contribution in [0.3, 0.4) is 0 Å². The zero-order chi connectivity index (χ0) is 19.2. The third-order valence-corrected chi connectivity index (χ3v) is 5.07. The van der Waals surface area contributed by atoms with Crippen LogP contribution >= 0.6 is 0 Å². The van der Waals surface area contributed by atoms with E-state index in [2.05, 4.69) is 86.6 Å². The summed E-state index contributed by atoms with van der Waals surface area (Å²) in [6.45, 7) is 20.4. The van der Waals surface area contributed by atoms with Crippen LogP contribution in [-0.2, 0) is 10.8 Å². The van der Waals surface area contributed by atoms with Crippen LogP contribution < -0.4 is 4.74 Å². The lowest BCUT2D eigenvalue weighted by atomic mass is 9.72. The minimum Gasteiger partial charge on any atom is -0.496 e. The van der Waals surface area contributed by atoms with Crippen LogP contribution in [0, 0.1) is 20.8 Å². The van der Waals surface area contributed by atoms with Crippen molar-refractivity contribution in [3.63, 3.8) is 0 Å². The molecule has 0 saturated heterocycles. The molecule has 0 N–H and O–H groups in total. The largest absolute Gasteiger partial charge is 0.496 e. The molecule has 0 radical (unpaired) electrons. The van der Waals surface area contributed by atoms with Gasteiger partial charge in [0.25, 0.3) is 0 Å². The van der Waals surface area contributed by atoms with E-state index in [1.54, 1.807) is 0 Å². The molecule has 2 aromatic carbocycles. The molecule has 0 aliphatic carbocycles. The summed E-state index contributed by atoms with van der Waals surface area (Å²) in [4.78, 5) is 0. The number of hydrogen-bond acceptors (Lipinski definition) is 1. The molecule has 0 amide bonds. The van der Waals surface area contributed by atoms with Gasteiger partial charge in [0.1, 0.15) is 5.75 Å². The van der Waals surface area contributed by atoms with Crippen LogP contribution in [0.15, 0.2) is 24.3 Å². The molecule has 0 fully saturated rings. The van der Waals surface area contributed by atoms with E-state index in [9.17, 15) is 0 Å². The van der Waals surface area contributed by atoms with Gasteiger partial charge in [0.15, 0.2) is 0 Å². The number of rotatable bonds is 2. The van der Waals surface area contributed by atoms with Crippen molar-refractivity contribution in [1.29, 1.82) is 0 Å². The van der Waals surface area contributed by atoms with E-state index >= 15 is 0 Å². The van der Waals surface area contributed by atoms with Gasteiger partial charge in [0.2, 0.25) is 0 Å². The molecule has 0 heterocycles. The second-order valence-electron chi connectivity index (χ2n) is 9.22. The highest BCUT2D eigenvalue weighted by Crippen LogP contribution is 2.48. The smallest absolute Gasteiger partial charge is 0.126 e. The van der Waals surface area contributed by atoms with E-state index in [0.29, 0.717) is 0 Å². The molecule has 1 heteroatoms. The normalized spacial score (nSPS) is 12.4. The first kappa shape index (κ1) is 19.6. The van der Waals surface area contributed by atoms with E-state index in [-0.39, 0.29) is 10.8 Å². The number of benzene rings is 2. The van der Waals surface area contributed by atoms with Crippen LogP contribution in [0.2, 0.25) is 0 Å². The summed E-state index contributed by atoms with van der Waals surface area (Å²) in [5, 5.41) is 0. The molecular weight excluding hydrogens is 304 g/mol. The minimum atomic E-state index is 0.0144. The Bertz CT molecular complexity index is 742. The van der Waals surface area contributed by atoms with Gasteiger partial charge in [-0.25, -0.2) is 0 Å². The standard InChI is InChI=1S/C24H34O/c1-15-13-11-12-14-18(15)19-16(2)20(23(4,5)6)22(25-10)21(17(19)3)24(7,8)9/h11-14H,1-10H3. The van der Waals surface area contributed by atoms with Crippen molar-refractivity contribution in [2.24, 2.45) is 0 Å². The van der Waals surface area contributed by atoms with Crippen LogP contribution in [0.4, 0.5) is 0 Å². The quantitative estimate of drug-likeness (QED) is 0.579. The van der Waals surface area contributed by atoms with Gasteiger partial charge < -0.3 is 4.74 Å². The van der Waals surface area contributed by atoms with Crippen molar-refractivity contribution in [3.05, 3.63) is 52.1 Å². The fourth-order valence-electron chi connectivity index (χ4n) is 4.26. The van der Waals surface area contributed by atoms with Gasteiger partial charge in [-0.2, -0.15) is 0 Å². The van der Waals surface area contributed by atoms with E-state index in [4.69, 9.17) is 4.74 Å². The lowest BCUT2D eigenvalue weighted by molar-refractivity contribution is 0.380. The molecule has 25 heavy (non-hydrogen) atoms. The molecule has 1 nitrogen and oxygen atoms in total. The molecule has 0 aliphatic rings. The highest BCUT2D eigenvalue weighted by Gasteiger charge is 2.32. The van der Waals surface area contributed by atoms with Crippen LogP contribution in [-0.4, -0.2) is 7.11 Å². The molecule has 136 valence electrons. The van der Waals surface area contributed by atoms with Crippen molar-refractivity contribution in [3.8, 4) is 16.9 Å². The van der Waals surface area contributed by atoms with Gasteiger partial charge >= 0.3 is 0 Å². The Kier molecular flexibility index (Phi) is 5.10. The van der Waals surface area contributed by atoms with Gasteiger partial charge in [-0.15, -0.1) is 0 Å². The number of ether oxygens (including phenoxy) is 1. The predicted octanol–water partition coefficient (Wildman–Crippen LogP) is 6.88. The van der Waals surface area contributed by atoms with Gasteiger partial charge in [-0.1, -0.05) is 65.8 Å². The first-order valence-electron chi connectivity index (χ1n) is 9.19. The Labute approximate surface area is 154 Å². The van der Waals surface area contributed by atoms with Crippen molar-refractivity contribution in [2.75, 3.05) is 7.11 Å². The fraction of sp³-hybridized carbons (Fsp3) is 0.500. The fourth-order valence-corrected chi connectivity index (χ4v) is 4.26. The van der Waals surface area contributed by atoms with E-state index in [0.717, 1.165) is 5.75 Å². The van der Waals surface area contributed by atoms with Crippen LogP contribution in [0.25, 0.3) is 11.1 Å². The first-order valence-corrected chi connectivity index (χ1v) is 9.19. The third kappa shape index (κ3) is 3.47. The van der Waals surface area contributed by atoms with E-state index in [1.807, 2.05) is 7.11 Å². The van der Waals surface area contributed by atoms with E-state index in [1.165, 1.54) is 38.9 Å². The second kappa shape index (κ2) is 6.52. The Morgan fingerprint density at radius 1 is 0.720 bits per heavy atom. The Hall–Kier alpha value is -1.76. The summed E-state index contributed by atoms with van der Waals surface area (Å²) in [5.74, 6) is 1.06. The molecule has 0 bridgehead atoms. The summed E-state index contributed by atoms with van der Waals surface area (Å²) >= 11 is 0. The van der Waals surface area contributed by atoms with E-state index < -0.39 is 0 Å². The lowest BCUT2D eigenvalue weighted by Gasteiger charge is -2.34. The van der Waals surface area contributed by atoms with Gasteiger partial charge in [-0.05, 0) is 59.4 Å². The molecule has 2 rings (SSSR count). The number of methoxy groups -OCH3 is 1. The molecular formula is C24H34O. The second-order valence-corrected chi connectivity index (χ2v) is 9.22. The lowest BCUT2D eigenvalue weighted by Crippen LogP contribution is -2.22. The maximum Gasteiger partial charge on any atom is 0.126 e. The number of hydrogen-bond donors (Lipinski definition) is 0. The van der Waals surface area contributed by atoms with Gasteiger partial charge in [0.05, 0.1) is 7.11 Å². The summed E-state index contributed by atoms with van der Waals surface area (Å²) in [5.41, 5.74) is 9.37. The SMILES string of the molecule is COc1c(C(C)(C)C)c(C)c(-c2ccccc2C)c(C)c1C(C)(C)C.